The third-order valence-electron chi connectivity index (χ3n) is 5.29. The average Bonchev–Trinajstić information content (AvgIpc) is 3.29. The third-order valence-corrected chi connectivity index (χ3v) is 5.29. The maximum absolute atomic E-state index is 14.4. The summed E-state index contributed by atoms with van der Waals surface area (Å²) in [4.78, 5) is 15.5. The van der Waals surface area contributed by atoms with Crippen LogP contribution in [-0.4, -0.2) is 46.3 Å². The molecule has 3 aromatic rings. The van der Waals surface area contributed by atoms with Crippen LogP contribution >= 0.6 is 0 Å². The fourth-order valence-electron chi connectivity index (χ4n) is 3.98. The Morgan fingerprint density at radius 3 is 2.70 bits per heavy atom. The molecular formula is C19H15F4N5O2. The second-order valence-corrected chi connectivity index (χ2v) is 7.12. The number of rotatable bonds is 2. The van der Waals surface area contributed by atoms with E-state index < -0.39 is 30.6 Å². The summed E-state index contributed by atoms with van der Waals surface area (Å²) in [5.74, 6) is -0.240. The van der Waals surface area contributed by atoms with Gasteiger partial charge in [-0.05, 0) is 12.1 Å². The summed E-state index contributed by atoms with van der Waals surface area (Å²) in [5, 5.41) is 10.2. The van der Waals surface area contributed by atoms with Crippen molar-refractivity contribution < 1.29 is 27.1 Å². The van der Waals surface area contributed by atoms with Crippen LogP contribution in [0.2, 0.25) is 0 Å². The van der Waals surface area contributed by atoms with Gasteiger partial charge in [0.25, 0.3) is 0 Å². The smallest absolute Gasteiger partial charge is 0.430 e. The monoisotopic (exact) mass is 421 g/mol. The number of anilines is 1. The van der Waals surface area contributed by atoms with Crippen LogP contribution in [0.4, 0.5) is 28.2 Å². The van der Waals surface area contributed by atoms with E-state index in [0.29, 0.717) is 17.4 Å². The number of aromatic nitrogens is 3. The zero-order valence-electron chi connectivity index (χ0n) is 15.3. The second-order valence-electron chi connectivity index (χ2n) is 7.12. The lowest BCUT2D eigenvalue weighted by atomic mass is 9.97. The molecule has 30 heavy (non-hydrogen) atoms. The van der Waals surface area contributed by atoms with Crippen molar-refractivity contribution in [1.82, 2.24) is 20.1 Å². The number of carbonyl (C=O) groups is 1. The van der Waals surface area contributed by atoms with E-state index in [1.54, 1.807) is 24.3 Å². The third kappa shape index (κ3) is 2.88. The second kappa shape index (κ2) is 6.66. The van der Waals surface area contributed by atoms with Gasteiger partial charge in [-0.2, -0.15) is 18.3 Å². The molecule has 0 unspecified atom stereocenters. The molecule has 0 spiro atoms. The van der Waals surface area contributed by atoms with Gasteiger partial charge in [-0.1, -0.05) is 18.2 Å². The molecule has 0 bridgehead atoms. The van der Waals surface area contributed by atoms with Crippen molar-refractivity contribution in [2.45, 2.75) is 24.5 Å². The molecule has 1 amide bonds. The Morgan fingerprint density at radius 1 is 1.17 bits per heavy atom. The summed E-state index contributed by atoms with van der Waals surface area (Å²) in [5.41, 5.74) is 0.607. The Morgan fingerprint density at radius 2 is 1.97 bits per heavy atom. The molecule has 1 aromatic carbocycles. The lowest BCUT2D eigenvalue weighted by Crippen LogP contribution is -2.34. The van der Waals surface area contributed by atoms with Crippen LogP contribution in [0, 0.1) is 0 Å². The lowest BCUT2D eigenvalue weighted by Gasteiger charge is -2.28. The Balaban J connectivity index is 1.75. The van der Waals surface area contributed by atoms with Crippen LogP contribution in [0.25, 0.3) is 22.2 Å². The summed E-state index contributed by atoms with van der Waals surface area (Å²) >= 11 is 0. The topological polar surface area (TPSA) is 81.1 Å². The van der Waals surface area contributed by atoms with Gasteiger partial charge in [0.05, 0.1) is 17.1 Å². The number of benzene rings is 1. The van der Waals surface area contributed by atoms with Gasteiger partial charge in [0, 0.05) is 30.2 Å². The minimum atomic E-state index is -4.85. The fraction of sp³-hybridized carbons (Fsp3) is 0.316. The quantitative estimate of drug-likeness (QED) is 0.616. The molecule has 0 radical (unpaired) electrons. The zero-order chi connectivity index (χ0) is 21.0. The van der Waals surface area contributed by atoms with E-state index in [4.69, 9.17) is 0 Å². The van der Waals surface area contributed by atoms with Crippen LogP contribution in [0.5, 0.6) is 0 Å². The van der Waals surface area contributed by atoms with Crippen LogP contribution < -0.4 is 10.6 Å². The maximum atomic E-state index is 14.4. The molecule has 0 aliphatic carbocycles. The van der Waals surface area contributed by atoms with Crippen molar-refractivity contribution >= 4 is 22.8 Å². The summed E-state index contributed by atoms with van der Waals surface area (Å²) < 4.78 is 61.5. The first kappa shape index (κ1) is 18.8. The number of cyclic esters (lactones) is 1. The molecule has 5 rings (SSSR count). The number of ether oxygens (including phenoxy) is 1. The van der Waals surface area contributed by atoms with Crippen LogP contribution in [0.15, 0.2) is 36.5 Å². The highest BCUT2D eigenvalue weighted by molar-refractivity contribution is 5.97. The van der Waals surface area contributed by atoms with Crippen molar-refractivity contribution in [3.05, 3.63) is 42.1 Å². The number of nitrogens with zero attached hydrogens (tertiary/aromatic N) is 3. The van der Waals surface area contributed by atoms with Gasteiger partial charge in [-0.25, -0.2) is 14.2 Å². The summed E-state index contributed by atoms with van der Waals surface area (Å²) in [7, 11) is 0. The van der Waals surface area contributed by atoms with E-state index in [9.17, 15) is 22.4 Å². The molecule has 2 aliphatic heterocycles. The Hall–Kier alpha value is -3.21. The molecule has 156 valence electrons. The van der Waals surface area contributed by atoms with Crippen LogP contribution in [-0.2, 0) is 4.74 Å². The predicted octanol–water partition coefficient (Wildman–Crippen LogP) is 3.75. The number of fused-ring (bicyclic) bond motifs is 2. The number of alkyl halides is 4. The maximum Gasteiger partial charge on any atom is 0.430 e. The van der Waals surface area contributed by atoms with E-state index in [1.807, 2.05) is 0 Å². The van der Waals surface area contributed by atoms with Crippen LogP contribution in [0.3, 0.4) is 0 Å². The van der Waals surface area contributed by atoms with E-state index in [0.717, 1.165) is 0 Å². The fourth-order valence-corrected chi connectivity index (χ4v) is 3.98. The summed E-state index contributed by atoms with van der Waals surface area (Å²) in [6, 6.07) is 7.73. The number of nitrogens with one attached hydrogen (secondary N) is 2. The average molecular weight is 421 g/mol. The van der Waals surface area contributed by atoms with Crippen molar-refractivity contribution in [2.24, 2.45) is 0 Å². The highest BCUT2D eigenvalue weighted by atomic mass is 19.4. The van der Waals surface area contributed by atoms with Gasteiger partial charge in [0.1, 0.15) is 17.7 Å². The van der Waals surface area contributed by atoms with E-state index >= 15 is 0 Å². The minimum absolute atomic E-state index is 0.110. The van der Waals surface area contributed by atoms with E-state index in [1.165, 1.54) is 16.9 Å². The highest BCUT2D eigenvalue weighted by Gasteiger charge is 2.49. The number of para-hydroxylation sites is 1. The Kier molecular flexibility index (Phi) is 4.17. The van der Waals surface area contributed by atoms with Gasteiger partial charge in [0.15, 0.2) is 0 Å². The molecule has 0 saturated carbocycles. The van der Waals surface area contributed by atoms with Gasteiger partial charge in [-0.15, -0.1) is 0 Å². The molecule has 7 nitrogen and oxygen atoms in total. The first-order valence-electron chi connectivity index (χ1n) is 9.20. The van der Waals surface area contributed by atoms with Gasteiger partial charge < -0.3 is 10.1 Å². The van der Waals surface area contributed by atoms with Gasteiger partial charge in [0.2, 0.25) is 6.10 Å². The van der Waals surface area contributed by atoms with Gasteiger partial charge >= 0.3 is 12.3 Å². The van der Waals surface area contributed by atoms with Crippen LogP contribution in [0.1, 0.15) is 17.7 Å². The van der Waals surface area contributed by atoms with Crippen molar-refractivity contribution in [1.29, 1.82) is 0 Å². The zero-order valence-corrected chi connectivity index (χ0v) is 15.3. The first-order valence-corrected chi connectivity index (χ1v) is 9.20. The molecule has 2 N–H and O–H groups in total. The summed E-state index contributed by atoms with van der Waals surface area (Å²) in [6.45, 7) is 0.528. The lowest BCUT2D eigenvalue weighted by molar-refractivity contribution is -0.206. The van der Waals surface area contributed by atoms with E-state index in [-0.39, 0.29) is 29.2 Å². The largest absolute Gasteiger partial charge is 0.431 e. The first-order chi connectivity index (χ1) is 14.3. The minimum Gasteiger partial charge on any atom is -0.431 e. The predicted molar refractivity (Wildman–Crippen MR) is 98.7 cm³/mol. The number of amides is 1. The number of hydrogen-bond donors (Lipinski definition) is 2. The Bertz CT molecular complexity index is 1150. The molecule has 3 atom stereocenters. The summed E-state index contributed by atoms with van der Waals surface area (Å²) in [6.07, 6.45) is -8.46. The number of halogens is 4. The van der Waals surface area contributed by atoms with E-state index in [2.05, 4.69) is 25.5 Å². The number of pyridine rings is 1. The molecule has 2 aliphatic rings. The van der Waals surface area contributed by atoms with Crippen molar-refractivity contribution in [3.63, 3.8) is 0 Å². The molecule has 2 aromatic heterocycles. The Labute approximate surface area is 167 Å². The van der Waals surface area contributed by atoms with Crippen molar-refractivity contribution in [2.75, 3.05) is 18.4 Å². The number of carbonyl (C=O) groups excluding carboxylic acids is 1. The molecular weight excluding hydrogens is 406 g/mol. The van der Waals surface area contributed by atoms with Gasteiger partial charge in [-0.3, -0.25) is 10.00 Å². The highest BCUT2D eigenvalue weighted by Crippen LogP contribution is 2.46. The molecule has 1 saturated heterocycles. The van der Waals surface area contributed by atoms with Crippen molar-refractivity contribution in [3.8, 4) is 11.3 Å². The number of hydrogen-bond acceptors (Lipinski definition) is 5. The molecule has 4 heterocycles. The normalized spacial score (nSPS) is 23.9. The molecule has 1 fully saturated rings. The SMILES string of the molecule is O=C1Nc2nccc(-c3nn([C@H]4CNC[C@H]4F)c4ccccc34)c2[C@H](C(F)(F)F)O1. The molecule has 11 heteroatoms. The standard InChI is InChI=1S/C19H15F4N5O2/c20-11-7-24-8-13(11)28-12-4-2-1-3-9(12)15(27-28)10-5-6-25-17-14(10)16(19(21,22)23)30-18(29)26-17/h1-6,11,13,16,24H,7-8H2,(H,25,26,29)/t11-,13+,16-/m1/s1.